The molecule has 6 heteroatoms. The van der Waals surface area contributed by atoms with Gasteiger partial charge in [0, 0.05) is 17.8 Å². The highest BCUT2D eigenvalue weighted by Crippen LogP contribution is 2.33. The first kappa shape index (κ1) is 17.4. The normalized spacial score (nSPS) is 17.7. The minimum absolute atomic E-state index is 0.223. The number of carbonyl (C=O) groups excluding carboxylic acids is 1. The molecule has 27 heavy (non-hydrogen) atoms. The summed E-state index contributed by atoms with van der Waals surface area (Å²) in [5.74, 6) is -0.517. The minimum Gasteiger partial charge on any atom is -0.355 e. The van der Waals surface area contributed by atoms with Gasteiger partial charge < -0.3 is 15.5 Å². The molecule has 1 atom stereocenters. The van der Waals surface area contributed by atoms with Gasteiger partial charge in [-0.1, -0.05) is 48.0 Å². The lowest BCUT2D eigenvalue weighted by molar-refractivity contribution is -0.118. The van der Waals surface area contributed by atoms with Crippen LogP contribution in [0.5, 0.6) is 0 Å². The lowest BCUT2D eigenvalue weighted by atomic mass is 10.1. The molecule has 1 amide bonds. The van der Waals surface area contributed by atoms with Crippen LogP contribution in [0.4, 0.5) is 4.39 Å². The molecule has 0 spiro atoms. The largest absolute Gasteiger partial charge is 0.355 e. The molecular formula is C21H17ClFN3O. The van der Waals surface area contributed by atoms with Gasteiger partial charge in [-0.15, -0.1) is 0 Å². The topological polar surface area (TPSA) is 44.4 Å². The molecule has 0 aliphatic carbocycles. The second-order valence-corrected chi connectivity index (χ2v) is 6.65. The van der Waals surface area contributed by atoms with E-state index in [2.05, 4.69) is 10.6 Å². The van der Waals surface area contributed by atoms with Crippen molar-refractivity contribution in [3.63, 3.8) is 0 Å². The van der Waals surface area contributed by atoms with E-state index in [0.717, 1.165) is 16.8 Å². The van der Waals surface area contributed by atoms with Crippen LogP contribution < -0.4 is 10.6 Å². The maximum atomic E-state index is 13.3. The maximum Gasteiger partial charge on any atom is 0.269 e. The summed E-state index contributed by atoms with van der Waals surface area (Å²) in [6, 6.07) is 13.6. The number of carbonyl (C=O) groups is 1. The van der Waals surface area contributed by atoms with Crippen molar-refractivity contribution in [1.29, 1.82) is 0 Å². The smallest absolute Gasteiger partial charge is 0.269 e. The average molecular weight is 382 g/mol. The van der Waals surface area contributed by atoms with E-state index < -0.39 is 0 Å². The number of hydrogen-bond donors (Lipinski definition) is 2. The molecule has 136 valence electrons. The molecule has 2 aliphatic heterocycles. The number of allylic oxidation sites excluding steroid dienone is 3. The number of benzene rings is 2. The zero-order chi connectivity index (χ0) is 18.8. The van der Waals surface area contributed by atoms with Crippen LogP contribution in [0.2, 0.25) is 5.02 Å². The molecule has 2 aromatic carbocycles. The van der Waals surface area contributed by atoms with E-state index >= 15 is 0 Å². The Kier molecular flexibility index (Phi) is 4.69. The van der Waals surface area contributed by atoms with E-state index in [-0.39, 0.29) is 17.9 Å². The summed E-state index contributed by atoms with van der Waals surface area (Å²) in [6.07, 6.45) is 7.27. The summed E-state index contributed by atoms with van der Waals surface area (Å²) in [5.41, 5.74) is 2.95. The summed E-state index contributed by atoms with van der Waals surface area (Å²) in [4.78, 5) is 14.8. The van der Waals surface area contributed by atoms with Crippen LogP contribution >= 0.6 is 11.6 Å². The van der Waals surface area contributed by atoms with Crippen LogP contribution in [0.3, 0.4) is 0 Å². The number of amides is 1. The zero-order valence-corrected chi connectivity index (χ0v) is 15.1. The van der Waals surface area contributed by atoms with Crippen molar-refractivity contribution in [3.8, 4) is 0 Å². The van der Waals surface area contributed by atoms with Crippen molar-refractivity contribution in [2.75, 3.05) is 0 Å². The van der Waals surface area contributed by atoms with Gasteiger partial charge in [0.05, 0.1) is 5.70 Å². The minimum atomic E-state index is -0.295. The highest BCUT2D eigenvalue weighted by Gasteiger charge is 2.33. The summed E-state index contributed by atoms with van der Waals surface area (Å²) in [7, 11) is 0. The highest BCUT2D eigenvalue weighted by atomic mass is 35.5. The van der Waals surface area contributed by atoms with Gasteiger partial charge in [0.2, 0.25) is 0 Å². The number of hydrogen-bond acceptors (Lipinski definition) is 3. The van der Waals surface area contributed by atoms with Crippen LogP contribution in [0.25, 0.3) is 0 Å². The Labute approximate surface area is 161 Å². The van der Waals surface area contributed by atoms with Crippen molar-refractivity contribution >= 4 is 17.5 Å². The van der Waals surface area contributed by atoms with Crippen LogP contribution in [0, 0.1) is 5.82 Å². The first-order chi connectivity index (χ1) is 13.1. The third kappa shape index (κ3) is 3.46. The number of halogens is 2. The van der Waals surface area contributed by atoms with E-state index in [4.69, 9.17) is 11.6 Å². The maximum absolute atomic E-state index is 13.3. The van der Waals surface area contributed by atoms with Crippen molar-refractivity contribution in [2.24, 2.45) is 0 Å². The Bertz CT molecular complexity index is 966. The van der Waals surface area contributed by atoms with E-state index in [1.54, 1.807) is 18.2 Å². The first-order valence-corrected chi connectivity index (χ1v) is 8.92. The monoisotopic (exact) mass is 381 g/mol. The van der Waals surface area contributed by atoms with E-state index in [1.165, 1.54) is 12.1 Å². The standard InChI is InChI=1S/C21H17ClFN3O/c22-17-6-2-1-5-15(17)13-24-21(27)19-18-7-3-4-12-26(18)20(25-19)14-8-10-16(23)11-9-14/h1-12,20,25H,13H2,(H,24,27). The molecule has 0 bridgehead atoms. The van der Waals surface area contributed by atoms with Gasteiger partial charge in [-0.05, 0) is 41.5 Å². The van der Waals surface area contributed by atoms with Crippen LogP contribution in [0.15, 0.2) is 84.4 Å². The SMILES string of the molecule is O=C(NCc1ccccc1Cl)C1=C2C=CC=CN2C(c2ccc(F)cc2)N1. The van der Waals surface area contributed by atoms with Gasteiger partial charge in [0.25, 0.3) is 5.91 Å². The molecule has 2 aromatic rings. The number of fused-ring (bicyclic) bond motifs is 1. The second-order valence-electron chi connectivity index (χ2n) is 6.24. The summed E-state index contributed by atoms with van der Waals surface area (Å²) in [6.45, 7) is 0.331. The van der Waals surface area contributed by atoms with Crippen molar-refractivity contribution in [2.45, 2.75) is 12.7 Å². The van der Waals surface area contributed by atoms with E-state index in [9.17, 15) is 9.18 Å². The van der Waals surface area contributed by atoms with Crippen LogP contribution in [0.1, 0.15) is 17.3 Å². The molecule has 0 fully saturated rings. The first-order valence-electron chi connectivity index (χ1n) is 8.54. The quantitative estimate of drug-likeness (QED) is 0.841. The fraction of sp³-hybridized carbons (Fsp3) is 0.0952. The molecular weight excluding hydrogens is 365 g/mol. The lowest BCUT2D eigenvalue weighted by Crippen LogP contribution is -2.31. The van der Waals surface area contributed by atoms with Crippen LogP contribution in [-0.4, -0.2) is 10.8 Å². The Hall–Kier alpha value is -3.05. The predicted octanol–water partition coefficient (Wildman–Crippen LogP) is 3.99. The Morgan fingerprint density at radius 1 is 1.15 bits per heavy atom. The molecule has 2 N–H and O–H groups in total. The van der Waals surface area contributed by atoms with Gasteiger partial charge >= 0.3 is 0 Å². The van der Waals surface area contributed by atoms with E-state index in [0.29, 0.717) is 17.3 Å². The van der Waals surface area contributed by atoms with Gasteiger partial charge in [-0.3, -0.25) is 4.79 Å². The fourth-order valence-electron chi connectivity index (χ4n) is 3.15. The summed E-state index contributed by atoms with van der Waals surface area (Å²) in [5, 5.41) is 6.77. The molecule has 0 radical (unpaired) electrons. The summed E-state index contributed by atoms with van der Waals surface area (Å²) >= 11 is 6.16. The van der Waals surface area contributed by atoms with Gasteiger partial charge in [-0.2, -0.15) is 0 Å². The lowest BCUT2D eigenvalue weighted by Gasteiger charge is -2.26. The average Bonchev–Trinajstić information content (AvgIpc) is 3.08. The summed E-state index contributed by atoms with van der Waals surface area (Å²) < 4.78 is 13.3. The Morgan fingerprint density at radius 3 is 2.70 bits per heavy atom. The molecule has 1 unspecified atom stereocenters. The molecule has 0 aromatic heterocycles. The van der Waals surface area contributed by atoms with Crippen molar-refractivity contribution in [3.05, 3.63) is 106 Å². The zero-order valence-electron chi connectivity index (χ0n) is 14.3. The van der Waals surface area contributed by atoms with Crippen LogP contribution in [-0.2, 0) is 11.3 Å². The Balaban J connectivity index is 1.55. The molecule has 0 saturated carbocycles. The molecule has 0 saturated heterocycles. The Morgan fingerprint density at radius 2 is 1.93 bits per heavy atom. The number of nitrogens with one attached hydrogen (secondary N) is 2. The van der Waals surface area contributed by atoms with Gasteiger partial charge in [-0.25, -0.2) is 4.39 Å². The third-order valence-electron chi connectivity index (χ3n) is 4.52. The van der Waals surface area contributed by atoms with Gasteiger partial charge in [0.1, 0.15) is 17.7 Å². The molecule has 4 rings (SSSR count). The van der Waals surface area contributed by atoms with E-state index in [1.807, 2.05) is 47.5 Å². The fourth-order valence-corrected chi connectivity index (χ4v) is 3.35. The number of nitrogens with zero attached hydrogens (tertiary/aromatic N) is 1. The third-order valence-corrected chi connectivity index (χ3v) is 4.88. The predicted molar refractivity (Wildman–Crippen MR) is 103 cm³/mol. The van der Waals surface area contributed by atoms with Crippen molar-refractivity contribution < 1.29 is 9.18 Å². The number of rotatable bonds is 4. The highest BCUT2D eigenvalue weighted by molar-refractivity contribution is 6.31. The molecule has 4 nitrogen and oxygen atoms in total. The second kappa shape index (κ2) is 7.29. The van der Waals surface area contributed by atoms with Gasteiger partial charge in [0.15, 0.2) is 0 Å². The molecule has 2 heterocycles. The molecule has 2 aliphatic rings. The van der Waals surface area contributed by atoms with Crippen molar-refractivity contribution in [1.82, 2.24) is 15.5 Å².